The number of carbonyl (C=O) groups is 1. The maximum absolute atomic E-state index is 13.0. The summed E-state index contributed by atoms with van der Waals surface area (Å²) in [5.41, 5.74) is -0.189. The summed E-state index contributed by atoms with van der Waals surface area (Å²) in [4.78, 5) is 18.2. The van der Waals surface area contributed by atoms with Crippen LogP contribution in [0.3, 0.4) is 0 Å². The molecule has 0 bridgehead atoms. The van der Waals surface area contributed by atoms with E-state index >= 15 is 0 Å². The van der Waals surface area contributed by atoms with Gasteiger partial charge in [-0.15, -0.1) is 0 Å². The lowest BCUT2D eigenvalue weighted by Crippen LogP contribution is -2.46. The third-order valence-electron chi connectivity index (χ3n) is 6.25. The summed E-state index contributed by atoms with van der Waals surface area (Å²) < 4.78 is 50.8. The van der Waals surface area contributed by atoms with Gasteiger partial charge in [0.2, 0.25) is 0 Å². The molecule has 1 aromatic rings. The minimum absolute atomic E-state index is 0.0953. The highest BCUT2D eigenvalue weighted by Crippen LogP contribution is 2.46. The summed E-state index contributed by atoms with van der Waals surface area (Å²) in [5.74, 6) is -0.624. The Bertz CT molecular complexity index is 900. The van der Waals surface area contributed by atoms with Crippen LogP contribution >= 0.6 is 0 Å². The number of piperidine rings is 1. The molecular formula is C20H19F3N2O3. The number of amidine groups is 1. The van der Waals surface area contributed by atoms with Crippen molar-refractivity contribution in [3.05, 3.63) is 47.0 Å². The van der Waals surface area contributed by atoms with Crippen LogP contribution < -0.4 is 0 Å². The van der Waals surface area contributed by atoms with Crippen LogP contribution in [-0.2, 0) is 26.5 Å². The maximum Gasteiger partial charge on any atom is 0.412 e. The van der Waals surface area contributed by atoms with Gasteiger partial charge in [-0.3, -0.25) is 4.79 Å². The molecule has 8 heteroatoms. The minimum Gasteiger partial charge on any atom is -0.447 e. The molecule has 1 unspecified atom stereocenters. The molecule has 3 aliphatic heterocycles. The SMILES string of the molecule is O=C1N=C(N2CCC3(CC2)OCc2ccccc23)OC12CC=C(C(F)(F)F)C2. The van der Waals surface area contributed by atoms with Crippen molar-refractivity contribution in [1.29, 1.82) is 0 Å². The second-order valence-electron chi connectivity index (χ2n) is 7.83. The van der Waals surface area contributed by atoms with Gasteiger partial charge in [0, 0.05) is 31.5 Å². The fraction of sp³-hybridized carbons (Fsp3) is 0.500. The zero-order chi connectivity index (χ0) is 19.6. The number of halogens is 3. The highest BCUT2D eigenvalue weighted by atomic mass is 19.4. The van der Waals surface area contributed by atoms with Gasteiger partial charge in [-0.25, -0.2) is 0 Å². The summed E-state index contributed by atoms with van der Waals surface area (Å²) in [6, 6.07) is 8.28. The van der Waals surface area contributed by atoms with Crippen LogP contribution in [0, 0.1) is 0 Å². The molecule has 1 saturated heterocycles. The Morgan fingerprint density at radius 3 is 2.57 bits per heavy atom. The van der Waals surface area contributed by atoms with Crippen molar-refractivity contribution < 1.29 is 27.4 Å². The Labute approximate surface area is 159 Å². The van der Waals surface area contributed by atoms with E-state index in [2.05, 4.69) is 17.1 Å². The number of likely N-dealkylation sites (tertiary alicyclic amines) is 1. The molecule has 0 N–H and O–H groups in total. The number of fused-ring (bicyclic) bond motifs is 2. The molecule has 28 heavy (non-hydrogen) atoms. The Morgan fingerprint density at radius 1 is 1.11 bits per heavy atom. The summed E-state index contributed by atoms with van der Waals surface area (Å²) in [6.07, 6.45) is -2.55. The Balaban J connectivity index is 1.28. The molecule has 2 spiro atoms. The first kappa shape index (κ1) is 17.7. The van der Waals surface area contributed by atoms with Crippen molar-refractivity contribution in [2.75, 3.05) is 13.1 Å². The molecule has 0 radical (unpaired) electrons. The molecule has 5 rings (SSSR count). The van der Waals surface area contributed by atoms with E-state index < -0.39 is 29.7 Å². The Hall–Kier alpha value is -2.35. The lowest BCUT2D eigenvalue weighted by molar-refractivity contribution is -0.132. The summed E-state index contributed by atoms with van der Waals surface area (Å²) >= 11 is 0. The van der Waals surface area contributed by atoms with E-state index in [9.17, 15) is 18.0 Å². The van der Waals surface area contributed by atoms with Gasteiger partial charge >= 0.3 is 6.18 Å². The van der Waals surface area contributed by atoms with E-state index in [4.69, 9.17) is 9.47 Å². The third-order valence-corrected chi connectivity index (χ3v) is 6.25. The van der Waals surface area contributed by atoms with E-state index in [0.29, 0.717) is 32.5 Å². The van der Waals surface area contributed by atoms with Gasteiger partial charge in [0.25, 0.3) is 11.9 Å². The number of aliphatic imine (C=N–C) groups is 1. The van der Waals surface area contributed by atoms with Gasteiger partial charge in [-0.2, -0.15) is 18.2 Å². The summed E-state index contributed by atoms with van der Waals surface area (Å²) in [5, 5.41) is 0. The molecule has 0 saturated carbocycles. The monoisotopic (exact) mass is 392 g/mol. The van der Waals surface area contributed by atoms with Gasteiger partial charge < -0.3 is 14.4 Å². The van der Waals surface area contributed by atoms with Crippen molar-refractivity contribution in [3.8, 4) is 0 Å². The van der Waals surface area contributed by atoms with Gasteiger partial charge in [-0.1, -0.05) is 30.3 Å². The van der Waals surface area contributed by atoms with Crippen molar-refractivity contribution >= 4 is 11.9 Å². The fourth-order valence-corrected chi connectivity index (χ4v) is 4.62. The van der Waals surface area contributed by atoms with Crippen LogP contribution in [0.5, 0.6) is 0 Å². The number of rotatable bonds is 0. The van der Waals surface area contributed by atoms with Crippen molar-refractivity contribution in [2.45, 2.75) is 49.7 Å². The second kappa shape index (κ2) is 5.83. The van der Waals surface area contributed by atoms with Crippen molar-refractivity contribution in [1.82, 2.24) is 4.90 Å². The van der Waals surface area contributed by atoms with Crippen molar-refractivity contribution in [2.24, 2.45) is 4.99 Å². The first-order valence-corrected chi connectivity index (χ1v) is 9.37. The third kappa shape index (κ3) is 2.57. The molecule has 148 valence electrons. The average Bonchev–Trinajstić information content (AvgIpc) is 3.35. The standard InChI is InChI=1S/C20H19F3N2O3/c21-20(22,23)14-5-6-19(11-14)16(26)24-17(28-19)25-9-7-18(8-10-25)15-4-2-1-3-13(15)12-27-18/h1-5H,6-12H2. The number of amides is 1. The Morgan fingerprint density at radius 2 is 1.86 bits per heavy atom. The largest absolute Gasteiger partial charge is 0.447 e. The predicted molar refractivity (Wildman–Crippen MR) is 93.3 cm³/mol. The van der Waals surface area contributed by atoms with E-state index in [1.54, 1.807) is 0 Å². The second-order valence-corrected chi connectivity index (χ2v) is 7.83. The number of hydrogen-bond acceptors (Lipinski definition) is 4. The smallest absolute Gasteiger partial charge is 0.412 e. The average molecular weight is 392 g/mol. The minimum atomic E-state index is -4.44. The highest BCUT2D eigenvalue weighted by molar-refractivity contribution is 6.02. The number of benzene rings is 1. The molecule has 5 nitrogen and oxygen atoms in total. The zero-order valence-electron chi connectivity index (χ0n) is 15.1. The number of carbonyl (C=O) groups excluding carboxylic acids is 1. The van der Waals surface area contributed by atoms with E-state index in [1.807, 2.05) is 17.0 Å². The van der Waals surface area contributed by atoms with Crippen LogP contribution in [0.15, 0.2) is 40.9 Å². The fourth-order valence-electron chi connectivity index (χ4n) is 4.62. The Kier molecular flexibility index (Phi) is 3.69. The molecule has 1 amide bonds. The van der Waals surface area contributed by atoms with Crippen LogP contribution in [0.25, 0.3) is 0 Å². The maximum atomic E-state index is 13.0. The number of alkyl halides is 3. The van der Waals surface area contributed by atoms with Crippen LogP contribution in [0.2, 0.25) is 0 Å². The van der Waals surface area contributed by atoms with Crippen LogP contribution in [0.4, 0.5) is 13.2 Å². The number of hydrogen-bond donors (Lipinski definition) is 0. The van der Waals surface area contributed by atoms with Gasteiger partial charge in [-0.05, 0) is 24.0 Å². The summed E-state index contributed by atoms with van der Waals surface area (Å²) in [6.45, 7) is 1.72. The molecular weight excluding hydrogens is 373 g/mol. The molecule has 1 aromatic carbocycles. The zero-order valence-corrected chi connectivity index (χ0v) is 15.1. The molecule has 1 aliphatic carbocycles. The van der Waals surface area contributed by atoms with Gasteiger partial charge in [0.1, 0.15) is 0 Å². The first-order chi connectivity index (χ1) is 13.3. The van der Waals surface area contributed by atoms with E-state index in [-0.39, 0.29) is 18.0 Å². The van der Waals surface area contributed by atoms with Gasteiger partial charge in [0.05, 0.1) is 12.2 Å². The van der Waals surface area contributed by atoms with Crippen LogP contribution in [-0.4, -0.2) is 41.7 Å². The molecule has 0 aromatic heterocycles. The first-order valence-electron chi connectivity index (χ1n) is 9.37. The van der Waals surface area contributed by atoms with Gasteiger partial charge in [0.15, 0.2) is 5.60 Å². The molecule has 4 aliphatic rings. The predicted octanol–water partition coefficient (Wildman–Crippen LogP) is 3.44. The molecule has 1 atom stereocenters. The number of nitrogens with zero attached hydrogens (tertiary/aromatic N) is 2. The summed E-state index contributed by atoms with van der Waals surface area (Å²) in [7, 11) is 0. The van der Waals surface area contributed by atoms with Crippen LogP contribution in [0.1, 0.15) is 36.8 Å². The number of ether oxygens (including phenoxy) is 2. The van der Waals surface area contributed by atoms with E-state index in [0.717, 1.165) is 6.08 Å². The quantitative estimate of drug-likeness (QED) is 0.635. The topological polar surface area (TPSA) is 51.1 Å². The lowest BCUT2D eigenvalue weighted by Gasteiger charge is -2.39. The van der Waals surface area contributed by atoms with Crippen molar-refractivity contribution in [3.63, 3.8) is 0 Å². The van der Waals surface area contributed by atoms with E-state index in [1.165, 1.54) is 11.1 Å². The molecule has 1 fully saturated rings. The normalized spacial score (nSPS) is 28.5. The lowest BCUT2D eigenvalue weighted by atomic mass is 9.84. The highest BCUT2D eigenvalue weighted by Gasteiger charge is 2.55. The molecule has 3 heterocycles.